The largest absolute Gasteiger partial charge is 0.445 e. The average Bonchev–Trinajstić information content (AvgIpc) is 2.41. The Bertz CT molecular complexity index is 400. The molecule has 0 fully saturated rings. The standard InChI is InChI=1S/C15H23NO4/c1-15(2,3)20-11-13(9-17)16-14(18)19-10-12-7-5-4-6-8-12/h4-8,13,17H,9-11H2,1-3H3,(H,16,18)/t13-/m1/s1. The number of aliphatic hydroxyl groups is 1. The predicted molar refractivity (Wildman–Crippen MR) is 76.3 cm³/mol. The molecule has 5 heteroatoms. The first-order valence-corrected chi connectivity index (χ1v) is 6.63. The zero-order valence-electron chi connectivity index (χ0n) is 12.3. The van der Waals surface area contributed by atoms with Crippen molar-refractivity contribution in [2.75, 3.05) is 13.2 Å². The number of nitrogens with one attached hydrogen (secondary N) is 1. The predicted octanol–water partition coefficient (Wildman–Crippen LogP) is 2.09. The molecular formula is C15H23NO4. The number of carbonyl (C=O) groups excluding carboxylic acids is 1. The Morgan fingerprint density at radius 2 is 1.95 bits per heavy atom. The van der Waals surface area contributed by atoms with Crippen molar-refractivity contribution in [1.82, 2.24) is 5.32 Å². The molecule has 112 valence electrons. The number of benzene rings is 1. The summed E-state index contributed by atoms with van der Waals surface area (Å²) >= 11 is 0. The average molecular weight is 281 g/mol. The molecule has 0 aliphatic heterocycles. The molecule has 0 aliphatic rings. The van der Waals surface area contributed by atoms with E-state index in [4.69, 9.17) is 9.47 Å². The first-order chi connectivity index (χ1) is 9.40. The van der Waals surface area contributed by atoms with Gasteiger partial charge in [-0.3, -0.25) is 0 Å². The lowest BCUT2D eigenvalue weighted by molar-refractivity contribution is -0.0214. The Kier molecular flexibility index (Phi) is 6.48. The van der Waals surface area contributed by atoms with Gasteiger partial charge < -0.3 is 19.9 Å². The highest BCUT2D eigenvalue weighted by Crippen LogP contribution is 2.07. The highest BCUT2D eigenvalue weighted by atomic mass is 16.5. The van der Waals surface area contributed by atoms with E-state index in [1.54, 1.807) is 0 Å². The molecule has 0 saturated carbocycles. The van der Waals surface area contributed by atoms with Crippen LogP contribution in [-0.2, 0) is 16.1 Å². The third-order valence-corrected chi connectivity index (χ3v) is 2.47. The zero-order valence-corrected chi connectivity index (χ0v) is 12.3. The second-order valence-electron chi connectivity index (χ2n) is 5.51. The van der Waals surface area contributed by atoms with Crippen LogP contribution in [0.2, 0.25) is 0 Å². The number of carbonyl (C=O) groups is 1. The number of ether oxygens (including phenoxy) is 2. The van der Waals surface area contributed by atoms with Crippen molar-refractivity contribution in [2.45, 2.75) is 39.0 Å². The Balaban J connectivity index is 2.32. The van der Waals surface area contributed by atoms with Crippen molar-refractivity contribution in [3.63, 3.8) is 0 Å². The number of hydrogen-bond acceptors (Lipinski definition) is 4. The number of hydrogen-bond donors (Lipinski definition) is 2. The van der Waals surface area contributed by atoms with E-state index in [0.29, 0.717) is 0 Å². The Morgan fingerprint density at radius 3 is 2.50 bits per heavy atom. The van der Waals surface area contributed by atoms with Crippen molar-refractivity contribution in [2.24, 2.45) is 0 Å². The fourth-order valence-corrected chi connectivity index (χ4v) is 1.42. The minimum absolute atomic E-state index is 0.198. The smallest absolute Gasteiger partial charge is 0.407 e. The number of amides is 1. The summed E-state index contributed by atoms with van der Waals surface area (Å²) in [5.74, 6) is 0. The minimum Gasteiger partial charge on any atom is -0.445 e. The van der Waals surface area contributed by atoms with Gasteiger partial charge in [0.25, 0.3) is 0 Å². The first-order valence-electron chi connectivity index (χ1n) is 6.63. The van der Waals surface area contributed by atoms with E-state index in [0.717, 1.165) is 5.56 Å². The Labute approximate surface area is 119 Å². The van der Waals surface area contributed by atoms with Gasteiger partial charge in [-0.15, -0.1) is 0 Å². The van der Waals surface area contributed by atoms with Crippen LogP contribution in [0.15, 0.2) is 30.3 Å². The lowest BCUT2D eigenvalue weighted by Crippen LogP contribution is -2.42. The maximum Gasteiger partial charge on any atom is 0.407 e. The van der Waals surface area contributed by atoms with Gasteiger partial charge in [0.1, 0.15) is 6.61 Å². The van der Waals surface area contributed by atoms with Crippen molar-refractivity contribution < 1.29 is 19.4 Å². The molecule has 0 aromatic heterocycles. The molecule has 0 spiro atoms. The van der Waals surface area contributed by atoms with Crippen molar-refractivity contribution in [1.29, 1.82) is 0 Å². The summed E-state index contributed by atoms with van der Waals surface area (Å²) in [6.07, 6.45) is -0.564. The molecule has 0 aliphatic carbocycles. The van der Waals surface area contributed by atoms with E-state index < -0.39 is 12.1 Å². The molecule has 1 aromatic rings. The van der Waals surface area contributed by atoms with Gasteiger partial charge in [-0.25, -0.2) is 4.79 Å². The molecule has 1 atom stereocenters. The maximum absolute atomic E-state index is 11.6. The molecule has 5 nitrogen and oxygen atoms in total. The molecular weight excluding hydrogens is 258 g/mol. The molecule has 1 aromatic carbocycles. The highest BCUT2D eigenvalue weighted by molar-refractivity contribution is 5.67. The summed E-state index contributed by atoms with van der Waals surface area (Å²) in [5, 5.41) is 11.8. The van der Waals surface area contributed by atoms with Crippen LogP contribution in [0.25, 0.3) is 0 Å². The third-order valence-electron chi connectivity index (χ3n) is 2.47. The SMILES string of the molecule is CC(C)(C)OC[C@@H](CO)NC(=O)OCc1ccccc1. The zero-order chi connectivity index (χ0) is 15.0. The molecule has 0 heterocycles. The van der Waals surface area contributed by atoms with E-state index in [1.165, 1.54) is 0 Å². The number of rotatable bonds is 6. The Hall–Kier alpha value is -1.59. The van der Waals surface area contributed by atoms with Crippen LogP contribution in [0, 0.1) is 0 Å². The quantitative estimate of drug-likeness (QED) is 0.838. The lowest BCUT2D eigenvalue weighted by atomic mass is 10.2. The van der Waals surface area contributed by atoms with Crippen LogP contribution >= 0.6 is 0 Å². The molecule has 2 N–H and O–H groups in total. The third kappa shape index (κ3) is 7.11. The maximum atomic E-state index is 11.6. The van der Waals surface area contributed by atoms with E-state index in [-0.39, 0.29) is 25.4 Å². The Morgan fingerprint density at radius 1 is 1.30 bits per heavy atom. The monoisotopic (exact) mass is 281 g/mol. The summed E-state index contributed by atoms with van der Waals surface area (Å²) in [6, 6.07) is 8.93. The van der Waals surface area contributed by atoms with Gasteiger partial charge in [0.2, 0.25) is 0 Å². The van der Waals surface area contributed by atoms with Gasteiger partial charge in [0.05, 0.1) is 24.9 Å². The van der Waals surface area contributed by atoms with Crippen LogP contribution in [-0.4, -0.2) is 36.1 Å². The molecule has 0 radical (unpaired) electrons. The molecule has 0 bridgehead atoms. The van der Waals surface area contributed by atoms with Crippen LogP contribution in [0.3, 0.4) is 0 Å². The first kappa shape index (κ1) is 16.5. The summed E-state index contributed by atoms with van der Waals surface area (Å²) in [6.45, 7) is 5.97. The second kappa shape index (κ2) is 7.87. The summed E-state index contributed by atoms with van der Waals surface area (Å²) in [4.78, 5) is 11.6. The normalized spacial score (nSPS) is 12.8. The van der Waals surface area contributed by atoms with Gasteiger partial charge in [0, 0.05) is 0 Å². The number of alkyl carbamates (subject to hydrolysis) is 1. The molecule has 1 amide bonds. The van der Waals surface area contributed by atoms with E-state index in [9.17, 15) is 9.90 Å². The van der Waals surface area contributed by atoms with Gasteiger partial charge in [0.15, 0.2) is 0 Å². The summed E-state index contributed by atoms with van der Waals surface area (Å²) in [5.41, 5.74) is 0.595. The van der Waals surface area contributed by atoms with E-state index in [1.807, 2.05) is 51.1 Å². The lowest BCUT2D eigenvalue weighted by Gasteiger charge is -2.23. The van der Waals surface area contributed by atoms with Gasteiger partial charge >= 0.3 is 6.09 Å². The van der Waals surface area contributed by atoms with Crippen LogP contribution in [0.5, 0.6) is 0 Å². The topological polar surface area (TPSA) is 67.8 Å². The van der Waals surface area contributed by atoms with Crippen LogP contribution in [0.1, 0.15) is 26.3 Å². The molecule has 0 saturated heterocycles. The highest BCUT2D eigenvalue weighted by Gasteiger charge is 2.17. The molecule has 1 rings (SSSR count). The van der Waals surface area contributed by atoms with Crippen molar-refractivity contribution in [3.05, 3.63) is 35.9 Å². The fourth-order valence-electron chi connectivity index (χ4n) is 1.42. The van der Waals surface area contributed by atoms with Gasteiger partial charge in [-0.05, 0) is 26.3 Å². The summed E-state index contributed by atoms with van der Waals surface area (Å²) < 4.78 is 10.6. The van der Waals surface area contributed by atoms with E-state index in [2.05, 4.69) is 5.32 Å². The number of aliphatic hydroxyl groups excluding tert-OH is 1. The fraction of sp³-hybridized carbons (Fsp3) is 0.533. The second-order valence-corrected chi connectivity index (χ2v) is 5.51. The minimum atomic E-state index is -0.564. The van der Waals surface area contributed by atoms with Crippen LogP contribution < -0.4 is 5.32 Å². The molecule has 0 unspecified atom stereocenters. The van der Waals surface area contributed by atoms with Gasteiger partial charge in [-0.1, -0.05) is 30.3 Å². The van der Waals surface area contributed by atoms with Crippen molar-refractivity contribution in [3.8, 4) is 0 Å². The van der Waals surface area contributed by atoms with Crippen LogP contribution in [0.4, 0.5) is 4.79 Å². The molecule has 20 heavy (non-hydrogen) atoms. The van der Waals surface area contributed by atoms with Crippen molar-refractivity contribution >= 4 is 6.09 Å². The van der Waals surface area contributed by atoms with Gasteiger partial charge in [-0.2, -0.15) is 0 Å². The summed E-state index contributed by atoms with van der Waals surface area (Å²) in [7, 11) is 0. The van der Waals surface area contributed by atoms with E-state index >= 15 is 0 Å².